The Balaban J connectivity index is 1.72. The van der Waals surface area contributed by atoms with E-state index in [0.717, 1.165) is 24.8 Å². The van der Waals surface area contributed by atoms with Gasteiger partial charge >= 0.3 is 11.9 Å². The van der Waals surface area contributed by atoms with E-state index in [1.165, 1.54) is 18.2 Å². The molecule has 3 N–H and O–H groups in total. The maximum Gasteiger partial charge on any atom is 0.341 e. The summed E-state index contributed by atoms with van der Waals surface area (Å²) in [5, 5.41) is 23.8. The molecule has 208 valence electrons. The Bertz CT molecular complexity index is 1400. The third-order valence-electron chi connectivity index (χ3n) is 5.81. The second kappa shape index (κ2) is 12.4. The lowest BCUT2D eigenvalue weighted by Crippen LogP contribution is -2.46. The van der Waals surface area contributed by atoms with Crippen LogP contribution in [0.25, 0.3) is 0 Å². The second-order valence-electron chi connectivity index (χ2n) is 9.89. The highest BCUT2D eigenvalue weighted by Crippen LogP contribution is 2.27. The summed E-state index contributed by atoms with van der Waals surface area (Å²) in [7, 11) is -2.84. The zero-order valence-corrected chi connectivity index (χ0v) is 23.1. The van der Waals surface area contributed by atoms with Crippen molar-refractivity contribution >= 4 is 21.8 Å². The lowest BCUT2D eigenvalue weighted by atomic mass is 10.0. The molecule has 9 nitrogen and oxygen atoms in total. The van der Waals surface area contributed by atoms with Gasteiger partial charge in [-0.05, 0) is 68.7 Å². The fraction of sp³-hybridized carbons (Fsp3) is 0.310. The van der Waals surface area contributed by atoms with Crippen LogP contribution in [-0.4, -0.2) is 55.9 Å². The molecule has 0 spiro atoms. The minimum Gasteiger partial charge on any atom is -0.507 e. The van der Waals surface area contributed by atoms with Gasteiger partial charge in [0, 0.05) is 6.54 Å². The Kier molecular flexibility index (Phi) is 9.49. The van der Waals surface area contributed by atoms with Gasteiger partial charge in [0.05, 0.1) is 16.9 Å². The number of sulfone groups is 1. The molecule has 1 unspecified atom stereocenters. The third-order valence-corrected chi connectivity index (χ3v) is 7.58. The number of benzene rings is 3. The minimum atomic E-state index is -3.97. The first-order valence-corrected chi connectivity index (χ1v) is 13.8. The van der Waals surface area contributed by atoms with E-state index >= 15 is 0 Å². The maximum atomic E-state index is 13.1. The first-order chi connectivity index (χ1) is 18.3. The number of hydrogen-bond donors (Lipinski definition) is 3. The average Bonchev–Trinajstić information content (AvgIpc) is 2.90. The fourth-order valence-corrected chi connectivity index (χ4v) is 5.12. The monoisotopic (exact) mass is 555 g/mol. The number of methoxy groups -OCH3 is 1. The van der Waals surface area contributed by atoms with Gasteiger partial charge in [-0.3, -0.25) is 4.79 Å². The smallest absolute Gasteiger partial charge is 0.341 e. The molecule has 39 heavy (non-hydrogen) atoms. The van der Waals surface area contributed by atoms with Crippen molar-refractivity contribution < 1.29 is 37.7 Å². The lowest BCUT2D eigenvalue weighted by molar-refractivity contribution is -0.160. The molecule has 0 aliphatic heterocycles. The largest absolute Gasteiger partial charge is 0.507 e. The van der Waals surface area contributed by atoms with Crippen LogP contribution in [0.3, 0.4) is 0 Å². The van der Waals surface area contributed by atoms with Gasteiger partial charge < -0.3 is 25.0 Å². The quantitative estimate of drug-likeness (QED) is 0.320. The molecule has 0 saturated heterocycles. The Hall–Kier alpha value is -3.73. The van der Waals surface area contributed by atoms with Crippen molar-refractivity contribution in [2.24, 2.45) is 0 Å². The summed E-state index contributed by atoms with van der Waals surface area (Å²) in [4.78, 5) is 24.5. The van der Waals surface area contributed by atoms with Crippen LogP contribution >= 0.6 is 0 Å². The topological polar surface area (TPSA) is 139 Å². The van der Waals surface area contributed by atoms with Crippen LogP contribution in [0, 0.1) is 0 Å². The van der Waals surface area contributed by atoms with Gasteiger partial charge in [0.1, 0.15) is 29.1 Å². The molecular formula is C29H33NO8S. The van der Waals surface area contributed by atoms with E-state index in [9.17, 15) is 28.2 Å². The molecule has 0 aliphatic rings. The Morgan fingerprint density at radius 3 is 2.15 bits per heavy atom. The minimum absolute atomic E-state index is 0.00634. The van der Waals surface area contributed by atoms with Crippen molar-refractivity contribution in [1.29, 1.82) is 0 Å². The van der Waals surface area contributed by atoms with Gasteiger partial charge in [-0.15, -0.1) is 0 Å². The normalized spacial score (nSPS) is 13.4. The molecule has 3 aromatic carbocycles. The molecule has 0 heterocycles. The van der Waals surface area contributed by atoms with Gasteiger partial charge in [0.2, 0.25) is 9.84 Å². The molecule has 2 atom stereocenters. The van der Waals surface area contributed by atoms with E-state index in [2.05, 4.69) is 10.1 Å². The van der Waals surface area contributed by atoms with Gasteiger partial charge in [-0.2, -0.15) is 0 Å². The Morgan fingerprint density at radius 2 is 1.56 bits per heavy atom. The molecule has 0 saturated carbocycles. The Labute approximate surface area is 228 Å². The van der Waals surface area contributed by atoms with E-state index in [0.29, 0.717) is 18.5 Å². The van der Waals surface area contributed by atoms with E-state index in [4.69, 9.17) is 4.74 Å². The van der Waals surface area contributed by atoms with E-state index in [1.807, 2.05) is 6.07 Å². The number of carbonyl (C=O) groups is 2. The van der Waals surface area contributed by atoms with Crippen molar-refractivity contribution in [3.63, 3.8) is 0 Å². The molecule has 0 amide bonds. The van der Waals surface area contributed by atoms with Crippen LogP contribution in [-0.2, 0) is 30.5 Å². The van der Waals surface area contributed by atoms with Crippen LogP contribution in [0.1, 0.15) is 48.4 Å². The van der Waals surface area contributed by atoms with Crippen LogP contribution in [0.4, 0.5) is 0 Å². The standard InChI is InChI=1S/C29H33NO8S/c1-29(2,3)38-28(34)25(26(32)20-8-6-5-7-9-20)30-17-16-19-10-12-21(13-11-19)39(35,36)22-14-15-24(31)23(18-22)27(33)37-4/h5-15,18,25-26,30-32H,16-17H2,1-4H3/t25?,26-/m1/s1. The number of phenolic OH excluding ortho intramolecular Hbond substituents is 1. The van der Waals surface area contributed by atoms with Crippen molar-refractivity contribution in [2.45, 2.75) is 54.7 Å². The first kappa shape index (κ1) is 29.8. The average molecular weight is 556 g/mol. The van der Waals surface area contributed by atoms with Gasteiger partial charge in [-0.25, -0.2) is 13.2 Å². The highest BCUT2D eigenvalue weighted by atomic mass is 32.2. The van der Waals surface area contributed by atoms with Crippen LogP contribution in [0.15, 0.2) is 82.6 Å². The van der Waals surface area contributed by atoms with Crippen molar-refractivity contribution in [2.75, 3.05) is 13.7 Å². The van der Waals surface area contributed by atoms with Gasteiger partial charge in [0.15, 0.2) is 0 Å². The number of rotatable bonds is 10. The van der Waals surface area contributed by atoms with Crippen molar-refractivity contribution in [1.82, 2.24) is 5.32 Å². The summed E-state index contributed by atoms with van der Waals surface area (Å²) in [6.45, 7) is 5.56. The second-order valence-corrected chi connectivity index (χ2v) is 11.8. The van der Waals surface area contributed by atoms with Crippen LogP contribution in [0.2, 0.25) is 0 Å². The first-order valence-electron chi connectivity index (χ1n) is 12.3. The summed E-state index contributed by atoms with van der Waals surface area (Å²) < 4.78 is 36.3. The number of nitrogens with one attached hydrogen (secondary N) is 1. The van der Waals surface area contributed by atoms with Crippen molar-refractivity contribution in [3.8, 4) is 5.75 Å². The fourth-order valence-electron chi connectivity index (χ4n) is 3.83. The summed E-state index contributed by atoms with van der Waals surface area (Å²) in [5.41, 5.74) is 0.377. The number of ether oxygens (including phenoxy) is 2. The summed E-state index contributed by atoms with van der Waals surface area (Å²) in [6.07, 6.45) is -0.693. The van der Waals surface area contributed by atoms with E-state index < -0.39 is 39.5 Å². The number of aliphatic hydroxyl groups is 1. The Morgan fingerprint density at radius 1 is 0.949 bits per heavy atom. The number of aliphatic hydroxyl groups excluding tert-OH is 1. The van der Waals surface area contributed by atoms with Gasteiger partial charge in [-0.1, -0.05) is 42.5 Å². The van der Waals surface area contributed by atoms with Crippen LogP contribution < -0.4 is 5.32 Å². The molecule has 0 aromatic heterocycles. The molecular weight excluding hydrogens is 522 g/mol. The highest BCUT2D eigenvalue weighted by molar-refractivity contribution is 7.91. The maximum absolute atomic E-state index is 13.1. The summed E-state index contributed by atoms with van der Waals surface area (Å²) in [6, 6.07) is 17.4. The molecule has 0 fully saturated rings. The number of carbonyl (C=O) groups excluding carboxylic acids is 2. The summed E-state index contributed by atoms with van der Waals surface area (Å²) >= 11 is 0. The third kappa shape index (κ3) is 7.66. The molecule has 0 radical (unpaired) electrons. The van der Waals surface area contributed by atoms with Crippen LogP contribution in [0.5, 0.6) is 5.75 Å². The highest BCUT2D eigenvalue weighted by Gasteiger charge is 2.31. The number of hydrogen-bond acceptors (Lipinski definition) is 9. The van der Waals surface area contributed by atoms with E-state index in [1.54, 1.807) is 57.2 Å². The zero-order valence-electron chi connectivity index (χ0n) is 22.2. The molecule has 0 aliphatic carbocycles. The lowest BCUT2D eigenvalue weighted by Gasteiger charge is -2.27. The SMILES string of the molecule is COC(=O)c1cc(S(=O)(=O)c2ccc(CCNC(C(=O)OC(C)(C)C)[C@H](O)c3ccccc3)cc2)ccc1O. The number of phenols is 1. The predicted octanol–water partition coefficient (Wildman–Crippen LogP) is 3.59. The molecule has 0 bridgehead atoms. The van der Waals surface area contributed by atoms with E-state index in [-0.39, 0.29) is 21.1 Å². The molecule has 10 heteroatoms. The number of aromatic hydroxyl groups is 1. The summed E-state index contributed by atoms with van der Waals surface area (Å²) in [5.74, 6) is -1.82. The zero-order chi connectivity index (χ0) is 28.8. The van der Waals surface area contributed by atoms with Crippen molar-refractivity contribution in [3.05, 3.63) is 89.5 Å². The predicted molar refractivity (Wildman–Crippen MR) is 144 cm³/mol. The van der Waals surface area contributed by atoms with Gasteiger partial charge in [0.25, 0.3) is 0 Å². The number of esters is 2. The molecule has 3 aromatic rings. The molecule has 3 rings (SSSR count).